The Morgan fingerprint density at radius 3 is 2.62 bits per heavy atom. The van der Waals surface area contributed by atoms with Crippen molar-refractivity contribution in [2.45, 2.75) is 45.2 Å². The van der Waals surface area contributed by atoms with Crippen molar-refractivity contribution >= 4 is 11.6 Å². The van der Waals surface area contributed by atoms with E-state index in [1.807, 2.05) is 0 Å². The number of hydrogen-bond acceptors (Lipinski definition) is 1. The first-order valence-corrected chi connectivity index (χ1v) is 6.56. The predicted molar refractivity (Wildman–Crippen MR) is 70.1 cm³/mol. The minimum atomic E-state index is 0.220. The van der Waals surface area contributed by atoms with Gasteiger partial charge in [0.2, 0.25) is 0 Å². The molecule has 1 aliphatic carbocycles. The standard InChI is InChI=1S/C14H20ClN/c1-11-4-5-12(2)13(8-11)9-16-14(10-15)6-3-7-14/h4-5,8,16H,3,6-7,9-10H2,1-2H3. The van der Waals surface area contributed by atoms with Crippen LogP contribution in [-0.4, -0.2) is 11.4 Å². The van der Waals surface area contributed by atoms with Crippen LogP contribution in [-0.2, 0) is 6.54 Å². The van der Waals surface area contributed by atoms with Gasteiger partial charge in [0.1, 0.15) is 0 Å². The number of alkyl halides is 1. The van der Waals surface area contributed by atoms with Crippen molar-refractivity contribution in [3.63, 3.8) is 0 Å². The van der Waals surface area contributed by atoms with Gasteiger partial charge in [-0.15, -0.1) is 11.6 Å². The zero-order valence-corrected chi connectivity index (χ0v) is 10.9. The highest BCUT2D eigenvalue weighted by atomic mass is 35.5. The van der Waals surface area contributed by atoms with Crippen LogP contribution in [0.3, 0.4) is 0 Å². The summed E-state index contributed by atoms with van der Waals surface area (Å²) in [6, 6.07) is 6.63. The fraction of sp³-hybridized carbons (Fsp3) is 0.571. The van der Waals surface area contributed by atoms with Gasteiger partial charge in [0, 0.05) is 18.0 Å². The van der Waals surface area contributed by atoms with Gasteiger partial charge in [-0.05, 0) is 44.2 Å². The summed E-state index contributed by atoms with van der Waals surface area (Å²) in [6.07, 6.45) is 3.76. The number of nitrogens with one attached hydrogen (secondary N) is 1. The molecule has 2 heteroatoms. The molecular weight excluding hydrogens is 218 g/mol. The van der Waals surface area contributed by atoms with Crippen LogP contribution in [0.5, 0.6) is 0 Å². The molecule has 88 valence electrons. The van der Waals surface area contributed by atoms with Gasteiger partial charge in [0.05, 0.1) is 0 Å². The van der Waals surface area contributed by atoms with Crippen molar-refractivity contribution in [3.8, 4) is 0 Å². The van der Waals surface area contributed by atoms with Crippen LogP contribution in [0.25, 0.3) is 0 Å². The Kier molecular flexibility index (Phi) is 3.56. The molecule has 0 radical (unpaired) electrons. The monoisotopic (exact) mass is 237 g/mol. The lowest BCUT2D eigenvalue weighted by Gasteiger charge is -2.41. The van der Waals surface area contributed by atoms with Gasteiger partial charge in [0.25, 0.3) is 0 Å². The molecule has 1 aromatic rings. The van der Waals surface area contributed by atoms with E-state index in [-0.39, 0.29) is 5.54 Å². The first-order valence-electron chi connectivity index (χ1n) is 6.02. The van der Waals surface area contributed by atoms with E-state index in [1.165, 1.54) is 36.0 Å². The highest BCUT2D eigenvalue weighted by molar-refractivity contribution is 6.18. The van der Waals surface area contributed by atoms with Crippen molar-refractivity contribution in [2.24, 2.45) is 0 Å². The molecular formula is C14H20ClN. The number of aryl methyl sites for hydroxylation is 2. The number of rotatable bonds is 4. The maximum absolute atomic E-state index is 6.03. The second kappa shape index (κ2) is 4.77. The van der Waals surface area contributed by atoms with Crippen LogP contribution in [0.4, 0.5) is 0 Å². The Hall–Kier alpha value is -0.530. The summed E-state index contributed by atoms with van der Waals surface area (Å²) in [5.41, 5.74) is 4.31. The summed E-state index contributed by atoms with van der Waals surface area (Å²) in [6.45, 7) is 5.26. The zero-order chi connectivity index (χ0) is 11.6. The summed E-state index contributed by atoms with van der Waals surface area (Å²) < 4.78 is 0. The normalized spacial score (nSPS) is 18.2. The molecule has 0 spiro atoms. The average molecular weight is 238 g/mol. The minimum absolute atomic E-state index is 0.220. The molecule has 1 saturated carbocycles. The van der Waals surface area contributed by atoms with Gasteiger partial charge in [-0.1, -0.05) is 23.8 Å². The Morgan fingerprint density at radius 1 is 1.31 bits per heavy atom. The molecule has 0 aromatic heterocycles. The molecule has 1 N–H and O–H groups in total. The summed E-state index contributed by atoms with van der Waals surface area (Å²) in [5, 5.41) is 3.63. The van der Waals surface area contributed by atoms with E-state index in [1.54, 1.807) is 0 Å². The van der Waals surface area contributed by atoms with Crippen molar-refractivity contribution in [2.75, 3.05) is 5.88 Å². The van der Waals surface area contributed by atoms with E-state index >= 15 is 0 Å². The van der Waals surface area contributed by atoms with E-state index in [4.69, 9.17) is 11.6 Å². The molecule has 0 unspecified atom stereocenters. The lowest BCUT2D eigenvalue weighted by Crippen LogP contribution is -2.52. The van der Waals surface area contributed by atoms with Crippen LogP contribution in [0, 0.1) is 13.8 Å². The second-order valence-corrected chi connectivity index (χ2v) is 5.32. The molecule has 0 amide bonds. The van der Waals surface area contributed by atoms with E-state index in [0.717, 1.165) is 12.4 Å². The largest absolute Gasteiger partial charge is 0.306 e. The highest BCUT2D eigenvalue weighted by Crippen LogP contribution is 2.33. The van der Waals surface area contributed by atoms with E-state index in [2.05, 4.69) is 37.4 Å². The van der Waals surface area contributed by atoms with Gasteiger partial charge in [-0.25, -0.2) is 0 Å². The lowest BCUT2D eigenvalue weighted by atomic mass is 9.78. The van der Waals surface area contributed by atoms with E-state index < -0.39 is 0 Å². The topological polar surface area (TPSA) is 12.0 Å². The van der Waals surface area contributed by atoms with Gasteiger partial charge in [-0.2, -0.15) is 0 Å². The molecule has 1 aliphatic rings. The fourth-order valence-corrected chi connectivity index (χ4v) is 2.60. The Labute approximate surface area is 103 Å². The number of benzene rings is 1. The Morgan fingerprint density at radius 2 is 2.06 bits per heavy atom. The van der Waals surface area contributed by atoms with Gasteiger partial charge >= 0.3 is 0 Å². The van der Waals surface area contributed by atoms with Crippen LogP contribution in [0.2, 0.25) is 0 Å². The van der Waals surface area contributed by atoms with Crippen LogP contribution < -0.4 is 5.32 Å². The smallest absolute Gasteiger partial charge is 0.0406 e. The molecule has 0 bridgehead atoms. The molecule has 0 atom stereocenters. The van der Waals surface area contributed by atoms with Crippen LogP contribution >= 0.6 is 11.6 Å². The molecule has 16 heavy (non-hydrogen) atoms. The Bertz CT molecular complexity index is 363. The first-order chi connectivity index (χ1) is 7.65. The van der Waals surface area contributed by atoms with Crippen molar-refractivity contribution in [1.82, 2.24) is 5.32 Å². The SMILES string of the molecule is Cc1ccc(C)c(CNC2(CCl)CCC2)c1. The third-order valence-electron chi connectivity index (χ3n) is 3.72. The summed E-state index contributed by atoms with van der Waals surface area (Å²) in [4.78, 5) is 0. The van der Waals surface area contributed by atoms with Gasteiger partial charge in [-0.3, -0.25) is 0 Å². The van der Waals surface area contributed by atoms with Crippen molar-refractivity contribution < 1.29 is 0 Å². The maximum Gasteiger partial charge on any atom is 0.0406 e. The van der Waals surface area contributed by atoms with Crippen molar-refractivity contribution in [1.29, 1.82) is 0 Å². The average Bonchev–Trinajstić information content (AvgIpc) is 2.22. The van der Waals surface area contributed by atoms with Crippen LogP contribution in [0.1, 0.15) is 36.0 Å². The number of hydrogen-bond donors (Lipinski definition) is 1. The zero-order valence-electron chi connectivity index (χ0n) is 10.1. The van der Waals surface area contributed by atoms with Crippen LogP contribution in [0.15, 0.2) is 18.2 Å². The quantitative estimate of drug-likeness (QED) is 0.790. The Balaban J connectivity index is 2.01. The lowest BCUT2D eigenvalue weighted by molar-refractivity contribution is 0.211. The third-order valence-corrected chi connectivity index (χ3v) is 4.24. The van der Waals surface area contributed by atoms with E-state index in [9.17, 15) is 0 Å². The molecule has 0 aliphatic heterocycles. The van der Waals surface area contributed by atoms with E-state index in [0.29, 0.717) is 0 Å². The summed E-state index contributed by atoms with van der Waals surface area (Å²) >= 11 is 6.03. The molecule has 1 fully saturated rings. The molecule has 2 rings (SSSR count). The number of halogens is 1. The highest BCUT2D eigenvalue weighted by Gasteiger charge is 2.35. The molecule has 0 heterocycles. The molecule has 1 nitrogen and oxygen atoms in total. The minimum Gasteiger partial charge on any atom is -0.306 e. The predicted octanol–water partition coefficient (Wildman–Crippen LogP) is 3.55. The van der Waals surface area contributed by atoms with Gasteiger partial charge in [0.15, 0.2) is 0 Å². The maximum atomic E-state index is 6.03. The van der Waals surface area contributed by atoms with Gasteiger partial charge < -0.3 is 5.32 Å². The fourth-order valence-electron chi connectivity index (χ4n) is 2.23. The second-order valence-electron chi connectivity index (χ2n) is 5.05. The third kappa shape index (κ3) is 2.41. The molecule has 1 aromatic carbocycles. The van der Waals surface area contributed by atoms with Crippen molar-refractivity contribution in [3.05, 3.63) is 34.9 Å². The summed E-state index contributed by atoms with van der Waals surface area (Å²) in [5.74, 6) is 0.734. The molecule has 0 saturated heterocycles. The summed E-state index contributed by atoms with van der Waals surface area (Å²) in [7, 11) is 0. The first kappa shape index (κ1) is 11.9.